The third-order valence-corrected chi connectivity index (χ3v) is 5.59. The van der Waals surface area contributed by atoms with Gasteiger partial charge in [0.05, 0.1) is 12.8 Å². The zero-order valence-electron chi connectivity index (χ0n) is 24.7. The van der Waals surface area contributed by atoms with Crippen LogP contribution in [0.25, 0.3) is 22.4 Å². The molecule has 1 aromatic carbocycles. The molecule has 3 aromatic rings. The number of rotatable bonds is 10. The van der Waals surface area contributed by atoms with Crippen molar-refractivity contribution in [2.24, 2.45) is 11.5 Å². The van der Waals surface area contributed by atoms with Gasteiger partial charge in [0.25, 0.3) is 5.91 Å². The maximum absolute atomic E-state index is 15.5. The number of hydrogen-bond acceptors (Lipinski definition) is 6. The van der Waals surface area contributed by atoms with Crippen LogP contribution in [-0.4, -0.2) is 29.0 Å². The Morgan fingerprint density at radius 3 is 2.26 bits per heavy atom. The highest BCUT2D eigenvalue weighted by Crippen LogP contribution is 2.38. The molecule has 7 nitrogen and oxygen atoms in total. The summed E-state index contributed by atoms with van der Waals surface area (Å²) >= 11 is 0. The lowest BCUT2D eigenvalue weighted by Gasteiger charge is -2.23. The van der Waals surface area contributed by atoms with Gasteiger partial charge in [-0.1, -0.05) is 67.9 Å². The normalized spacial score (nSPS) is 12.4. The molecular formula is C30H47FN4O3. The van der Waals surface area contributed by atoms with Gasteiger partial charge in [-0.2, -0.15) is 0 Å². The SMILES string of the molecule is C=C[C@H](N)Cc1oc(-c2ccc(OC)c3nc(C(F)(CC)CCC)ccc23)nc1C(N)=O.CC.CC.CC. The molecule has 0 radical (unpaired) electrons. The largest absolute Gasteiger partial charge is 0.494 e. The summed E-state index contributed by atoms with van der Waals surface area (Å²) in [6.07, 6.45) is 3.16. The zero-order valence-corrected chi connectivity index (χ0v) is 24.7. The summed E-state index contributed by atoms with van der Waals surface area (Å²) in [5.74, 6) is 0.262. The highest BCUT2D eigenvalue weighted by molar-refractivity contribution is 5.97. The van der Waals surface area contributed by atoms with Crippen LogP contribution in [0.2, 0.25) is 0 Å². The number of primary amides is 1. The summed E-state index contributed by atoms with van der Waals surface area (Å²) in [4.78, 5) is 20.9. The number of pyridine rings is 1. The molecule has 0 saturated heterocycles. The Morgan fingerprint density at radius 2 is 1.76 bits per heavy atom. The van der Waals surface area contributed by atoms with Crippen LogP contribution < -0.4 is 16.2 Å². The Kier molecular flexibility index (Phi) is 15.8. The van der Waals surface area contributed by atoms with Crippen molar-refractivity contribution in [2.45, 2.75) is 92.8 Å². The molecule has 4 N–H and O–H groups in total. The maximum Gasteiger partial charge on any atom is 0.270 e. The van der Waals surface area contributed by atoms with Gasteiger partial charge < -0.3 is 20.6 Å². The zero-order chi connectivity index (χ0) is 29.5. The average Bonchev–Trinajstić information content (AvgIpc) is 3.39. The quantitative estimate of drug-likeness (QED) is 0.262. The molecule has 8 heteroatoms. The predicted octanol–water partition coefficient (Wildman–Crippen LogP) is 7.51. The van der Waals surface area contributed by atoms with Gasteiger partial charge in [0.1, 0.15) is 17.0 Å². The number of halogens is 1. The minimum atomic E-state index is -1.53. The number of methoxy groups -OCH3 is 1. The molecule has 3 rings (SSSR count). The van der Waals surface area contributed by atoms with E-state index in [0.717, 1.165) is 0 Å². The van der Waals surface area contributed by atoms with E-state index in [1.807, 2.05) is 55.4 Å². The Morgan fingerprint density at radius 1 is 1.13 bits per heavy atom. The lowest BCUT2D eigenvalue weighted by molar-refractivity contribution is 0.0994. The van der Waals surface area contributed by atoms with Crippen LogP contribution in [-0.2, 0) is 12.1 Å². The first-order chi connectivity index (χ1) is 18.3. The highest BCUT2D eigenvalue weighted by atomic mass is 19.1. The van der Waals surface area contributed by atoms with Crippen LogP contribution in [0, 0.1) is 0 Å². The molecule has 0 bridgehead atoms. The Hall–Kier alpha value is -3.26. The molecule has 0 spiro atoms. The Bertz CT molecular complexity index is 1150. The number of hydrogen-bond donors (Lipinski definition) is 2. The molecule has 2 atom stereocenters. The summed E-state index contributed by atoms with van der Waals surface area (Å²) in [5.41, 5.74) is 11.3. The highest BCUT2D eigenvalue weighted by Gasteiger charge is 2.31. The Labute approximate surface area is 227 Å². The number of aromatic nitrogens is 2. The van der Waals surface area contributed by atoms with Crippen LogP contribution in [0.1, 0.15) is 96.6 Å². The van der Waals surface area contributed by atoms with E-state index >= 15 is 4.39 Å². The van der Waals surface area contributed by atoms with Crippen LogP contribution in [0.3, 0.4) is 0 Å². The van der Waals surface area contributed by atoms with Gasteiger partial charge in [0.2, 0.25) is 5.89 Å². The van der Waals surface area contributed by atoms with E-state index in [1.54, 1.807) is 30.3 Å². The van der Waals surface area contributed by atoms with Crippen molar-refractivity contribution in [3.8, 4) is 17.2 Å². The fraction of sp³-hybridized carbons (Fsp3) is 0.500. The van der Waals surface area contributed by atoms with Gasteiger partial charge in [-0.25, -0.2) is 14.4 Å². The molecule has 0 saturated carbocycles. The van der Waals surface area contributed by atoms with Crippen molar-refractivity contribution >= 4 is 16.8 Å². The number of alkyl halides is 1. The standard InChI is InChI=1S/C24H29FN4O3.3C2H6/c1-5-12-24(25,7-3)19-11-9-15-16(8-10-17(31-4)20(15)28-19)23-29-21(22(27)30)18(32-23)13-14(26)6-2;3*1-2/h6,8-11,14H,2,5,7,12-13,26H2,1,3-4H3,(H2,27,30);3*1-2H3/t14-,24?;;;/m0.../s1. The number of nitrogens with zero attached hydrogens (tertiary/aromatic N) is 2. The van der Waals surface area contributed by atoms with Gasteiger partial charge >= 0.3 is 0 Å². The topological polar surface area (TPSA) is 117 Å². The third kappa shape index (κ3) is 8.12. The van der Waals surface area contributed by atoms with Crippen molar-refractivity contribution in [2.75, 3.05) is 7.11 Å². The minimum Gasteiger partial charge on any atom is -0.494 e. The first-order valence-electron chi connectivity index (χ1n) is 13.6. The summed E-state index contributed by atoms with van der Waals surface area (Å²) in [6, 6.07) is 6.50. The number of nitrogens with two attached hydrogens (primary N) is 2. The molecule has 0 aliphatic heterocycles. The molecule has 0 fully saturated rings. The molecule has 2 aromatic heterocycles. The molecule has 2 heterocycles. The van der Waals surface area contributed by atoms with E-state index in [9.17, 15) is 4.79 Å². The molecule has 38 heavy (non-hydrogen) atoms. The fourth-order valence-electron chi connectivity index (χ4n) is 3.77. The van der Waals surface area contributed by atoms with Crippen LogP contribution in [0.4, 0.5) is 4.39 Å². The monoisotopic (exact) mass is 530 g/mol. The van der Waals surface area contributed by atoms with E-state index in [-0.39, 0.29) is 23.8 Å². The average molecular weight is 531 g/mol. The van der Waals surface area contributed by atoms with E-state index in [1.165, 1.54) is 7.11 Å². The first kappa shape index (κ1) is 34.7. The third-order valence-electron chi connectivity index (χ3n) is 5.59. The summed E-state index contributed by atoms with van der Waals surface area (Å²) in [7, 11) is 1.53. The van der Waals surface area contributed by atoms with Crippen molar-refractivity contribution in [1.82, 2.24) is 9.97 Å². The number of fused-ring (bicyclic) bond motifs is 1. The van der Waals surface area contributed by atoms with Gasteiger partial charge in [-0.05, 0) is 37.1 Å². The van der Waals surface area contributed by atoms with Crippen molar-refractivity contribution < 1.29 is 18.3 Å². The first-order valence-corrected chi connectivity index (χ1v) is 13.6. The summed E-state index contributed by atoms with van der Waals surface area (Å²) < 4.78 is 26.9. The summed E-state index contributed by atoms with van der Waals surface area (Å²) in [5, 5.41) is 0.653. The van der Waals surface area contributed by atoms with E-state index < -0.39 is 17.6 Å². The Balaban J connectivity index is 0.00000213. The second-order valence-corrected chi connectivity index (χ2v) is 7.74. The number of benzene rings is 1. The second-order valence-electron chi connectivity index (χ2n) is 7.74. The van der Waals surface area contributed by atoms with Gasteiger partial charge in [0.15, 0.2) is 11.4 Å². The molecule has 0 aliphatic rings. The molecule has 1 unspecified atom stereocenters. The number of amides is 1. The number of carbonyl (C=O) groups is 1. The van der Waals surface area contributed by atoms with Crippen molar-refractivity contribution in [3.63, 3.8) is 0 Å². The number of oxazole rings is 1. The molecule has 212 valence electrons. The van der Waals surface area contributed by atoms with Crippen LogP contribution in [0.15, 0.2) is 41.3 Å². The van der Waals surface area contributed by atoms with E-state index in [4.69, 9.17) is 20.6 Å². The second kappa shape index (κ2) is 17.3. The van der Waals surface area contributed by atoms with E-state index in [2.05, 4.69) is 16.5 Å². The minimum absolute atomic E-state index is 0.0163. The van der Waals surface area contributed by atoms with E-state index in [0.29, 0.717) is 47.2 Å². The fourth-order valence-corrected chi connectivity index (χ4v) is 3.77. The molecular weight excluding hydrogens is 483 g/mol. The predicted molar refractivity (Wildman–Crippen MR) is 156 cm³/mol. The smallest absolute Gasteiger partial charge is 0.270 e. The van der Waals surface area contributed by atoms with Crippen molar-refractivity contribution in [3.05, 3.63) is 54.1 Å². The molecule has 0 aliphatic carbocycles. The lowest BCUT2D eigenvalue weighted by atomic mass is 9.92. The lowest BCUT2D eigenvalue weighted by Crippen LogP contribution is -2.22. The van der Waals surface area contributed by atoms with Crippen LogP contribution in [0.5, 0.6) is 5.75 Å². The van der Waals surface area contributed by atoms with Gasteiger partial charge in [-0.15, -0.1) is 6.58 Å². The summed E-state index contributed by atoms with van der Waals surface area (Å²) in [6.45, 7) is 19.4. The number of ether oxygens (including phenoxy) is 1. The number of carbonyl (C=O) groups excluding carboxylic acids is 1. The van der Waals surface area contributed by atoms with Gasteiger partial charge in [0, 0.05) is 23.4 Å². The van der Waals surface area contributed by atoms with Gasteiger partial charge in [-0.3, -0.25) is 4.79 Å². The van der Waals surface area contributed by atoms with Crippen LogP contribution >= 0.6 is 0 Å². The van der Waals surface area contributed by atoms with Crippen molar-refractivity contribution in [1.29, 1.82) is 0 Å². The maximum atomic E-state index is 15.5. The molecule has 1 amide bonds.